The van der Waals surface area contributed by atoms with E-state index in [1.165, 1.54) is 44.2 Å². The Hall–Kier alpha value is -1.53. The Kier molecular flexibility index (Phi) is 5.23. The number of aromatic nitrogens is 3. The van der Waals surface area contributed by atoms with Gasteiger partial charge < -0.3 is 4.57 Å². The average molecular weight is 334 g/mol. The second-order valence-corrected chi connectivity index (χ2v) is 6.56. The van der Waals surface area contributed by atoms with Gasteiger partial charge in [-0.15, -0.1) is 0 Å². The number of hydrogen-bond acceptors (Lipinski definition) is 3. The van der Waals surface area contributed by atoms with Crippen molar-refractivity contribution in [1.82, 2.24) is 19.2 Å². The maximum absolute atomic E-state index is 13.1. The van der Waals surface area contributed by atoms with Crippen LogP contribution in [0.5, 0.6) is 0 Å². The minimum absolute atomic E-state index is 0.241. The largest absolute Gasteiger partial charge is 0.303 e. The summed E-state index contributed by atoms with van der Waals surface area (Å²) in [5, 5.41) is 4.67. The lowest BCUT2D eigenvalue weighted by Crippen LogP contribution is -2.30. The number of nitrogens with zero attached hydrogens (tertiary/aromatic N) is 4. The van der Waals surface area contributed by atoms with Crippen LogP contribution in [0.2, 0.25) is 0 Å². The Morgan fingerprint density at radius 3 is 2.30 bits per heavy atom. The lowest BCUT2D eigenvalue weighted by molar-refractivity contribution is 0.188. The monoisotopic (exact) mass is 334 g/mol. The minimum atomic E-state index is -0.241. The topological polar surface area (TPSA) is 26.0 Å². The van der Waals surface area contributed by atoms with Crippen molar-refractivity contribution in [1.29, 1.82) is 0 Å². The van der Waals surface area contributed by atoms with E-state index in [9.17, 15) is 4.39 Å². The van der Waals surface area contributed by atoms with Gasteiger partial charge in [0, 0.05) is 12.6 Å². The highest BCUT2D eigenvalue weighted by Crippen LogP contribution is 2.18. The molecule has 0 saturated carbocycles. The average Bonchev–Trinajstić information content (AvgIpc) is 2.79. The second-order valence-electron chi connectivity index (χ2n) is 6.20. The molecule has 1 aromatic carbocycles. The summed E-state index contributed by atoms with van der Waals surface area (Å²) in [5.74, 6) is 0.539. The molecular weight excluding hydrogens is 311 g/mol. The fourth-order valence-electron chi connectivity index (χ4n) is 3.07. The number of benzene rings is 1. The molecule has 0 spiro atoms. The summed E-state index contributed by atoms with van der Waals surface area (Å²) >= 11 is 5.53. The van der Waals surface area contributed by atoms with Crippen molar-refractivity contribution in [2.75, 3.05) is 13.1 Å². The summed E-state index contributed by atoms with van der Waals surface area (Å²) in [6, 6.07) is 6.39. The maximum atomic E-state index is 13.1. The highest BCUT2D eigenvalue weighted by molar-refractivity contribution is 7.71. The molecule has 0 N–H and O–H groups in total. The predicted molar refractivity (Wildman–Crippen MR) is 92.1 cm³/mol. The zero-order valence-corrected chi connectivity index (χ0v) is 14.4. The van der Waals surface area contributed by atoms with Crippen molar-refractivity contribution in [2.45, 2.75) is 38.8 Å². The molecule has 0 unspecified atom stereocenters. The van der Waals surface area contributed by atoms with E-state index in [0.29, 0.717) is 4.77 Å². The van der Waals surface area contributed by atoms with Gasteiger partial charge in [0.05, 0.1) is 6.67 Å². The fraction of sp³-hybridized carbons (Fsp3) is 0.529. The Morgan fingerprint density at radius 2 is 1.65 bits per heavy atom. The van der Waals surface area contributed by atoms with Crippen molar-refractivity contribution in [3.05, 3.63) is 34.9 Å². The van der Waals surface area contributed by atoms with Crippen molar-refractivity contribution in [3.63, 3.8) is 0 Å². The zero-order valence-electron chi connectivity index (χ0n) is 13.5. The summed E-state index contributed by atoms with van der Waals surface area (Å²) in [5.41, 5.74) is 0.881. The molecule has 1 aliphatic heterocycles. The molecule has 6 heteroatoms. The van der Waals surface area contributed by atoms with E-state index in [1.54, 1.807) is 12.1 Å². The maximum Gasteiger partial charge on any atom is 0.199 e. The van der Waals surface area contributed by atoms with Crippen LogP contribution in [0, 0.1) is 10.6 Å². The highest BCUT2D eigenvalue weighted by Gasteiger charge is 2.14. The smallest absolute Gasteiger partial charge is 0.199 e. The van der Waals surface area contributed by atoms with Crippen molar-refractivity contribution in [3.8, 4) is 11.4 Å². The van der Waals surface area contributed by atoms with Gasteiger partial charge in [-0.1, -0.05) is 19.3 Å². The van der Waals surface area contributed by atoms with Crippen LogP contribution in [0.1, 0.15) is 32.1 Å². The molecule has 0 aliphatic carbocycles. The summed E-state index contributed by atoms with van der Waals surface area (Å²) in [6.07, 6.45) is 6.46. The molecule has 1 saturated heterocycles. The van der Waals surface area contributed by atoms with Crippen molar-refractivity contribution in [2.24, 2.45) is 7.05 Å². The molecule has 2 aromatic rings. The number of rotatable bonds is 3. The molecule has 2 heterocycles. The SMILES string of the molecule is Cn1c(-c2ccc(F)cc2)nn(CN2CCCCCCC2)c1=S. The van der Waals surface area contributed by atoms with Gasteiger partial charge in [-0.05, 0) is 62.4 Å². The first-order valence-corrected chi connectivity index (χ1v) is 8.68. The van der Waals surface area contributed by atoms with Gasteiger partial charge >= 0.3 is 0 Å². The van der Waals surface area contributed by atoms with Gasteiger partial charge in [-0.3, -0.25) is 4.90 Å². The Morgan fingerprint density at radius 1 is 1.04 bits per heavy atom. The lowest BCUT2D eigenvalue weighted by Gasteiger charge is -2.23. The summed E-state index contributed by atoms with van der Waals surface area (Å²) in [7, 11) is 1.91. The van der Waals surface area contributed by atoms with E-state index in [-0.39, 0.29) is 5.82 Å². The Balaban J connectivity index is 1.81. The number of likely N-dealkylation sites (tertiary alicyclic amines) is 1. The lowest BCUT2D eigenvalue weighted by atomic mass is 10.1. The molecule has 4 nitrogen and oxygen atoms in total. The standard InChI is InChI=1S/C17H23FN4S/c1-20-16(14-7-9-15(18)10-8-14)19-22(17(20)23)13-21-11-5-3-2-4-6-12-21/h7-10H,2-6,11-13H2,1H3. The fourth-order valence-corrected chi connectivity index (χ4v) is 3.26. The Bertz CT molecular complexity index is 696. The molecule has 1 fully saturated rings. The molecule has 1 aliphatic rings. The van der Waals surface area contributed by atoms with Crippen LogP contribution >= 0.6 is 12.2 Å². The molecule has 1 aromatic heterocycles. The highest BCUT2D eigenvalue weighted by atomic mass is 32.1. The van der Waals surface area contributed by atoms with Crippen LogP contribution in [0.15, 0.2) is 24.3 Å². The zero-order chi connectivity index (χ0) is 16.2. The van der Waals surface area contributed by atoms with E-state index in [2.05, 4.69) is 10.00 Å². The Labute approximate surface area is 141 Å². The first kappa shape index (κ1) is 16.3. The van der Waals surface area contributed by atoms with Crippen LogP contribution in [-0.2, 0) is 13.7 Å². The molecule has 124 valence electrons. The van der Waals surface area contributed by atoms with Crippen LogP contribution in [0.3, 0.4) is 0 Å². The molecule has 0 atom stereocenters. The van der Waals surface area contributed by atoms with E-state index in [4.69, 9.17) is 12.2 Å². The van der Waals surface area contributed by atoms with Crippen LogP contribution in [0.4, 0.5) is 4.39 Å². The summed E-state index contributed by atoms with van der Waals surface area (Å²) < 4.78 is 17.6. The van der Waals surface area contributed by atoms with E-state index in [1.807, 2.05) is 16.3 Å². The molecule has 0 amide bonds. The van der Waals surface area contributed by atoms with Gasteiger partial charge in [0.15, 0.2) is 10.6 Å². The molecule has 3 rings (SSSR count). The van der Waals surface area contributed by atoms with Gasteiger partial charge in [-0.2, -0.15) is 5.10 Å². The molecular formula is C17H23FN4S. The van der Waals surface area contributed by atoms with Crippen LogP contribution in [0.25, 0.3) is 11.4 Å². The van der Waals surface area contributed by atoms with Gasteiger partial charge in [0.25, 0.3) is 0 Å². The first-order valence-electron chi connectivity index (χ1n) is 8.27. The van der Waals surface area contributed by atoms with E-state index in [0.717, 1.165) is 31.1 Å². The van der Waals surface area contributed by atoms with E-state index < -0.39 is 0 Å². The van der Waals surface area contributed by atoms with Crippen LogP contribution in [-0.4, -0.2) is 32.3 Å². The quantitative estimate of drug-likeness (QED) is 0.794. The summed E-state index contributed by atoms with van der Waals surface area (Å²) in [4.78, 5) is 2.43. The normalized spacial score (nSPS) is 17.0. The van der Waals surface area contributed by atoms with Gasteiger partial charge in [-0.25, -0.2) is 9.07 Å². The van der Waals surface area contributed by atoms with Gasteiger partial charge in [0.1, 0.15) is 5.82 Å². The van der Waals surface area contributed by atoms with Crippen LogP contribution < -0.4 is 0 Å². The van der Waals surface area contributed by atoms with E-state index >= 15 is 0 Å². The molecule has 23 heavy (non-hydrogen) atoms. The van der Waals surface area contributed by atoms with Gasteiger partial charge in [0.2, 0.25) is 0 Å². The first-order chi connectivity index (χ1) is 11.1. The van der Waals surface area contributed by atoms with Crippen molar-refractivity contribution >= 4 is 12.2 Å². The predicted octanol–water partition coefficient (Wildman–Crippen LogP) is 3.98. The summed E-state index contributed by atoms with van der Waals surface area (Å²) in [6.45, 7) is 2.93. The molecule has 0 bridgehead atoms. The number of hydrogen-bond donors (Lipinski definition) is 0. The third-order valence-corrected chi connectivity index (χ3v) is 4.91. The third-order valence-electron chi connectivity index (χ3n) is 4.43. The number of halogens is 1. The third kappa shape index (κ3) is 3.87. The molecule has 0 radical (unpaired) electrons. The minimum Gasteiger partial charge on any atom is -0.303 e. The second kappa shape index (κ2) is 7.36. The van der Waals surface area contributed by atoms with Crippen molar-refractivity contribution < 1.29 is 4.39 Å².